The molecule has 0 unspecified atom stereocenters. The lowest BCUT2D eigenvalue weighted by Crippen LogP contribution is -2.53. The molecule has 4 N–H and O–H groups in total. The second-order valence-electron chi connectivity index (χ2n) is 14.3. The van der Waals surface area contributed by atoms with E-state index in [-0.39, 0.29) is 49.9 Å². The smallest absolute Gasteiger partial charge is 0.358 e. The van der Waals surface area contributed by atoms with E-state index in [1.54, 1.807) is 26.0 Å². The lowest BCUT2D eigenvalue weighted by molar-refractivity contribution is -0.227. The third-order valence-corrected chi connectivity index (χ3v) is 10.1. The highest BCUT2D eigenvalue weighted by atomic mass is 16.7. The number of carbonyl (C=O) groups excluding carboxylic acids is 2. The highest BCUT2D eigenvalue weighted by Crippen LogP contribution is 2.23. The van der Waals surface area contributed by atoms with Gasteiger partial charge in [0.1, 0.15) is 13.2 Å². The minimum atomic E-state index is -0.742. The molecule has 16 heteroatoms. The highest BCUT2D eigenvalue weighted by molar-refractivity contribution is 5.90. The summed E-state index contributed by atoms with van der Waals surface area (Å²) < 4.78 is 34.1. The molecule has 2 aliphatic rings. The molecule has 7 rings (SSSR count). The van der Waals surface area contributed by atoms with Crippen molar-refractivity contribution in [2.24, 2.45) is 0 Å². The van der Waals surface area contributed by atoms with Gasteiger partial charge in [-0.25, -0.2) is 19.6 Å². The molecule has 306 valence electrons. The fraction of sp³-hybridized carbons (Fsp3) is 0.429. The van der Waals surface area contributed by atoms with Crippen LogP contribution in [0.4, 0.5) is 0 Å². The molecule has 4 heterocycles. The number of nitrogens with zero attached hydrogens (tertiary/aromatic N) is 4. The van der Waals surface area contributed by atoms with Crippen molar-refractivity contribution < 1.29 is 48.2 Å². The van der Waals surface area contributed by atoms with Gasteiger partial charge in [-0.05, 0) is 49.2 Å². The van der Waals surface area contributed by atoms with Crippen LogP contribution in [0.5, 0.6) is 0 Å². The van der Waals surface area contributed by atoms with Crippen LogP contribution in [0, 0.1) is 0 Å². The lowest BCUT2D eigenvalue weighted by Gasteiger charge is -2.38. The molecule has 0 aliphatic carbocycles. The lowest BCUT2D eigenvalue weighted by atomic mass is 9.98. The molecule has 16 nitrogen and oxygen atoms in total. The predicted molar refractivity (Wildman–Crippen MR) is 209 cm³/mol. The van der Waals surface area contributed by atoms with Gasteiger partial charge in [0.25, 0.3) is 0 Å². The van der Waals surface area contributed by atoms with Crippen molar-refractivity contribution >= 4 is 34.0 Å². The van der Waals surface area contributed by atoms with E-state index >= 15 is 0 Å². The van der Waals surface area contributed by atoms with Gasteiger partial charge in [-0.2, -0.15) is 0 Å². The Hall–Kier alpha value is -5.04. The summed E-state index contributed by atoms with van der Waals surface area (Å²) in [6.07, 6.45) is -0.0215. The summed E-state index contributed by atoms with van der Waals surface area (Å²) >= 11 is 0. The third kappa shape index (κ3) is 10.7. The maximum absolute atomic E-state index is 12.5. The van der Waals surface area contributed by atoms with Crippen molar-refractivity contribution in [3.05, 3.63) is 108 Å². The zero-order valence-corrected chi connectivity index (χ0v) is 32.3. The number of hydrogen-bond donors (Lipinski definition) is 4. The van der Waals surface area contributed by atoms with E-state index in [0.29, 0.717) is 48.0 Å². The Bertz CT molecular complexity index is 1990. The molecule has 0 bridgehead atoms. The molecule has 8 atom stereocenters. The summed E-state index contributed by atoms with van der Waals surface area (Å²) in [5, 5.41) is 28.5. The summed E-state index contributed by atoms with van der Waals surface area (Å²) in [7, 11) is 0. The van der Waals surface area contributed by atoms with Gasteiger partial charge < -0.3 is 49.3 Å². The van der Waals surface area contributed by atoms with Gasteiger partial charge in [0.05, 0.1) is 72.1 Å². The van der Waals surface area contributed by atoms with Crippen molar-refractivity contribution in [1.82, 2.24) is 30.6 Å². The number of rotatable bonds is 16. The summed E-state index contributed by atoms with van der Waals surface area (Å²) in [5.41, 5.74) is 4.89. The second kappa shape index (κ2) is 19.6. The first-order valence-electron chi connectivity index (χ1n) is 19.4. The summed E-state index contributed by atoms with van der Waals surface area (Å²) in [5.74, 6) is -1.18. The summed E-state index contributed by atoms with van der Waals surface area (Å²) in [4.78, 5) is 42.1. The van der Waals surface area contributed by atoms with Gasteiger partial charge in [0.2, 0.25) is 0 Å². The molecule has 0 spiro atoms. The van der Waals surface area contributed by atoms with Crippen LogP contribution in [0.2, 0.25) is 0 Å². The van der Waals surface area contributed by atoms with E-state index in [0.717, 1.165) is 11.1 Å². The molecular formula is C42H48N6O10. The molecule has 58 heavy (non-hydrogen) atoms. The van der Waals surface area contributed by atoms with E-state index in [1.807, 2.05) is 60.7 Å². The SMILES string of the molecule is C[C@H]1O[C@H](OCCOC(=O)c2cnc3ccccc3n2)C[C@@H](NCc2ccc(CN[C@@H]3C[C@@H](OCCOC(=O)c4cnc5ccccc5n4)O[C@H](C)[C@H]3O)cc2)[C@@H]1O. The first kappa shape index (κ1) is 41.1. The van der Waals surface area contributed by atoms with Crippen LogP contribution in [-0.4, -0.2) is 118 Å². The fourth-order valence-corrected chi connectivity index (χ4v) is 6.88. The molecule has 0 amide bonds. The Balaban J connectivity index is 0.804. The topological polar surface area (TPSA) is 206 Å². The molecule has 2 fully saturated rings. The monoisotopic (exact) mass is 796 g/mol. The van der Waals surface area contributed by atoms with Gasteiger partial charge in [0.15, 0.2) is 24.0 Å². The fourth-order valence-electron chi connectivity index (χ4n) is 6.88. The van der Waals surface area contributed by atoms with E-state index in [1.165, 1.54) is 12.4 Å². The molecule has 0 saturated carbocycles. The molecule has 0 radical (unpaired) electrons. The molecular weight excluding hydrogens is 748 g/mol. The van der Waals surface area contributed by atoms with Crippen molar-refractivity contribution in [1.29, 1.82) is 0 Å². The Labute approximate surface area is 335 Å². The van der Waals surface area contributed by atoms with Crippen LogP contribution in [0.15, 0.2) is 85.2 Å². The Morgan fingerprint density at radius 2 is 1.02 bits per heavy atom. The van der Waals surface area contributed by atoms with Crippen molar-refractivity contribution in [3.63, 3.8) is 0 Å². The molecule has 3 aromatic carbocycles. The van der Waals surface area contributed by atoms with Crippen LogP contribution in [0.3, 0.4) is 0 Å². The average molecular weight is 797 g/mol. The van der Waals surface area contributed by atoms with Gasteiger partial charge in [0, 0.05) is 38.0 Å². The maximum atomic E-state index is 12.5. The van der Waals surface area contributed by atoms with Gasteiger partial charge >= 0.3 is 11.9 Å². The number of esters is 2. The average Bonchev–Trinajstić information content (AvgIpc) is 3.25. The maximum Gasteiger partial charge on any atom is 0.358 e. The molecule has 2 aliphatic heterocycles. The minimum absolute atomic E-state index is 0.00732. The van der Waals surface area contributed by atoms with Gasteiger partial charge in [-0.3, -0.25) is 9.97 Å². The predicted octanol–water partition coefficient (Wildman–Crippen LogP) is 3.23. The zero-order chi connectivity index (χ0) is 40.4. The van der Waals surface area contributed by atoms with Crippen LogP contribution in [0.1, 0.15) is 58.8 Å². The van der Waals surface area contributed by atoms with Crippen molar-refractivity contribution in [2.45, 2.75) is 88.9 Å². The third-order valence-electron chi connectivity index (χ3n) is 10.1. The Morgan fingerprint density at radius 3 is 1.43 bits per heavy atom. The summed E-state index contributed by atoms with van der Waals surface area (Å²) in [6.45, 7) is 4.85. The van der Waals surface area contributed by atoms with Crippen molar-refractivity contribution in [3.8, 4) is 0 Å². The molecule has 2 aromatic heterocycles. The Kier molecular flexibility index (Phi) is 13.9. The van der Waals surface area contributed by atoms with E-state index in [2.05, 4.69) is 30.6 Å². The van der Waals surface area contributed by atoms with Crippen LogP contribution >= 0.6 is 0 Å². The number of aliphatic hydroxyl groups is 2. The standard InChI is InChI=1S/C42H48N6O10/c1-25-39(49)33(19-37(57-25)53-15-17-55-41(51)35-23-45-29-7-3-5-9-31(29)47-35)43-21-27-11-13-28(14-12-27)22-44-34-20-38(58-26(2)40(34)50)54-16-18-56-42(52)36-24-46-30-8-4-6-10-32(30)48-36/h3-14,23-26,33-34,37-40,43-44,49-50H,15-22H2,1-2H3/t25-,26-,33-,34-,37+,38+,39-,40-/m1/s1. The molecule has 2 saturated heterocycles. The quantitative estimate of drug-likeness (QED) is 0.0836. The first-order chi connectivity index (χ1) is 28.2. The number of benzene rings is 3. The van der Waals surface area contributed by atoms with Gasteiger partial charge in [-0.1, -0.05) is 48.5 Å². The van der Waals surface area contributed by atoms with Crippen LogP contribution in [-0.2, 0) is 41.5 Å². The summed E-state index contributed by atoms with van der Waals surface area (Å²) in [6, 6.07) is 22.0. The molecule has 5 aromatic rings. The van der Waals surface area contributed by atoms with Crippen LogP contribution < -0.4 is 10.6 Å². The number of fused-ring (bicyclic) bond motifs is 2. The number of nitrogens with one attached hydrogen (secondary N) is 2. The normalized spacial score (nSPS) is 24.8. The Morgan fingerprint density at radius 1 is 0.621 bits per heavy atom. The number of ether oxygens (including phenoxy) is 6. The minimum Gasteiger partial charge on any atom is -0.458 e. The van der Waals surface area contributed by atoms with E-state index < -0.39 is 48.9 Å². The number of hydrogen-bond acceptors (Lipinski definition) is 16. The highest BCUT2D eigenvalue weighted by Gasteiger charge is 2.36. The van der Waals surface area contributed by atoms with E-state index in [9.17, 15) is 19.8 Å². The van der Waals surface area contributed by atoms with Crippen molar-refractivity contribution in [2.75, 3.05) is 26.4 Å². The number of carbonyl (C=O) groups is 2. The number of aromatic nitrogens is 4. The van der Waals surface area contributed by atoms with Crippen LogP contribution in [0.25, 0.3) is 22.1 Å². The first-order valence-corrected chi connectivity index (χ1v) is 19.4. The largest absolute Gasteiger partial charge is 0.458 e. The van der Waals surface area contributed by atoms with Gasteiger partial charge in [-0.15, -0.1) is 0 Å². The number of para-hydroxylation sites is 4. The second-order valence-corrected chi connectivity index (χ2v) is 14.3. The van der Waals surface area contributed by atoms with E-state index in [4.69, 9.17) is 28.4 Å². The number of aliphatic hydroxyl groups excluding tert-OH is 2. The zero-order valence-electron chi connectivity index (χ0n) is 32.3.